The summed E-state index contributed by atoms with van der Waals surface area (Å²) >= 11 is 0. The molecule has 8 heteroatoms. The van der Waals surface area contributed by atoms with E-state index in [0.717, 1.165) is 19.2 Å². The zero-order valence-electron chi connectivity index (χ0n) is 12.6. The summed E-state index contributed by atoms with van der Waals surface area (Å²) in [7, 11) is 1.07. The summed E-state index contributed by atoms with van der Waals surface area (Å²) in [5.41, 5.74) is -0.794. The largest absolute Gasteiger partial charge is 0.467 e. The second-order valence-electron chi connectivity index (χ2n) is 4.76. The van der Waals surface area contributed by atoms with Crippen molar-refractivity contribution in [1.82, 2.24) is 0 Å². The molecule has 24 heavy (non-hydrogen) atoms. The molecule has 0 aliphatic carbocycles. The van der Waals surface area contributed by atoms with Crippen LogP contribution < -0.4 is 0 Å². The van der Waals surface area contributed by atoms with Gasteiger partial charge in [-0.1, -0.05) is 30.3 Å². The normalized spacial score (nSPS) is 11.8. The van der Waals surface area contributed by atoms with E-state index in [2.05, 4.69) is 4.74 Å². The molecule has 0 N–H and O–H groups in total. The first-order chi connectivity index (χ1) is 11.5. The second-order valence-corrected chi connectivity index (χ2v) is 4.76. The van der Waals surface area contributed by atoms with Crippen LogP contribution >= 0.6 is 0 Å². The van der Waals surface area contributed by atoms with E-state index in [1.54, 1.807) is 30.3 Å². The van der Waals surface area contributed by atoms with Gasteiger partial charge >= 0.3 is 11.7 Å². The van der Waals surface area contributed by atoms with E-state index in [-0.39, 0.29) is 6.61 Å². The van der Waals surface area contributed by atoms with E-state index in [1.165, 1.54) is 0 Å². The lowest BCUT2D eigenvalue weighted by molar-refractivity contribution is -0.387. The number of carbonyl (C=O) groups excluding carboxylic acids is 1. The number of hydrogen-bond acceptors (Lipinski definition) is 5. The third-order valence-corrected chi connectivity index (χ3v) is 3.25. The van der Waals surface area contributed by atoms with E-state index in [0.29, 0.717) is 5.56 Å². The molecular weight excluding hydrogens is 324 g/mol. The Morgan fingerprint density at radius 1 is 1.17 bits per heavy atom. The molecule has 0 aliphatic rings. The van der Waals surface area contributed by atoms with Crippen molar-refractivity contribution in [1.29, 1.82) is 0 Å². The average molecular weight is 337 g/mol. The molecular formula is C16H13F2NO5. The van der Waals surface area contributed by atoms with Crippen LogP contribution in [0.25, 0.3) is 0 Å². The number of carbonyl (C=O) groups is 1. The van der Waals surface area contributed by atoms with Gasteiger partial charge in [0.1, 0.15) is 0 Å². The first-order valence-corrected chi connectivity index (χ1v) is 6.81. The number of nitro groups is 1. The summed E-state index contributed by atoms with van der Waals surface area (Å²) in [6.07, 6.45) is -1.55. The van der Waals surface area contributed by atoms with E-state index in [1.807, 2.05) is 0 Å². The fraction of sp³-hybridized carbons (Fsp3) is 0.188. The Kier molecular flexibility index (Phi) is 5.54. The second kappa shape index (κ2) is 7.60. The van der Waals surface area contributed by atoms with E-state index in [4.69, 9.17) is 4.74 Å². The highest BCUT2D eigenvalue weighted by atomic mass is 19.2. The van der Waals surface area contributed by atoms with Gasteiger partial charge in [-0.05, 0) is 11.6 Å². The molecule has 0 aromatic heterocycles. The van der Waals surface area contributed by atoms with Crippen LogP contribution in [-0.4, -0.2) is 18.0 Å². The van der Waals surface area contributed by atoms with Crippen LogP contribution in [0, 0.1) is 21.7 Å². The van der Waals surface area contributed by atoms with Gasteiger partial charge in [0.15, 0.2) is 11.9 Å². The minimum Gasteiger partial charge on any atom is -0.467 e. The molecule has 0 spiro atoms. The number of halogens is 2. The first-order valence-electron chi connectivity index (χ1n) is 6.81. The molecule has 2 aromatic rings. The summed E-state index contributed by atoms with van der Waals surface area (Å²) in [4.78, 5) is 21.4. The lowest BCUT2D eigenvalue weighted by Gasteiger charge is -2.17. The van der Waals surface area contributed by atoms with Crippen LogP contribution in [0.5, 0.6) is 0 Å². The number of esters is 1. The predicted molar refractivity (Wildman–Crippen MR) is 79.0 cm³/mol. The third kappa shape index (κ3) is 3.72. The molecule has 0 saturated carbocycles. The highest BCUT2D eigenvalue weighted by Crippen LogP contribution is 2.29. The van der Waals surface area contributed by atoms with E-state index >= 15 is 0 Å². The Bertz CT molecular complexity index is 752. The number of nitrogens with zero attached hydrogens (tertiary/aromatic N) is 1. The van der Waals surface area contributed by atoms with E-state index < -0.39 is 39.9 Å². The van der Waals surface area contributed by atoms with Crippen LogP contribution in [0.1, 0.15) is 17.2 Å². The first kappa shape index (κ1) is 17.5. The van der Waals surface area contributed by atoms with Crippen molar-refractivity contribution in [2.45, 2.75) is 12.7 Å². The maximum absolute atomic E-state index is 14.1. The lowest BCUT2D eigenvalue weighted by atomic mass is 10.1. The molecule has 2 aromatic carbocycles. The summed E-state index contributed by atoms with van der Waals surface area (Å²) in [6.45, 7) is -0.0569. The van der Waals surface area contributed by atoms with Crippen molar-refractivity contribution >= 4 is 11.7 Å². The van der Waals surface area contributed by atoms with Gasteiger partial charge < -0.3 is 9.47 Å². The summed E-state index contributed by atoms with van der Waals surface area (Å²) in [5, 5.41) is 10.6. The molecule has 1 unspecified atom stereocenters. The van der Waals surface area contributed by atoms with Crippen LogP contribution in [0.2, 0.25) is 0 Å². The molecule has 0 aliphatic heterocycles. The Morgan fingerprint density at radius 2 is 1.83 bits per heavy atom. The molecule has 126 valence electrons. The predicted octanol–water partition coefficient (Wildman–Crippen LogP) is 3.30. The smallest absolute Gasteiger partial charge is 0.339 e. The van der Waals surface area contributed by atoms with Gasteiger partial charge in [-0.15, -0.1) is 0 Å². The van der Waals surface area contributed by atoms with Gasteiger partial charge in [-0.2, -0.15) is 4.39 Å². The van der Waals surface area contributed by atoms with Gasteiger partial charge in [0.2, 0.25) is 5.82 Å². The summed E-state index contributed by atoms with van der Waals surface area (Å²) in [6, 6.07) is 10.4. The molecule has 0 saturated heterocycles. The quantitative estimate of drug-likeness (QED) is 0.459. The monoisotopic (exact) mass is 337 g/mol. The van der Waals surface area contributed by atoms with Crippen LogP contribution in [0.3, 0.4) is 0 Å². The Balaban J connectivity index is 2.33. The van der Waals surface area contributed by atoms with Crippen LogP contribution in [0.4, 0.5) is 14.5 Å². The van der Waals surface area contributed by atoms with E-state index in [9.17, 15) is 23.7 Å². The molecule has 0 bridgehead atoms. The summed E-state index contributed by atoms with van der Waals surface area (Å²) < 4.78 is 37.8. The number of ether oxygens (including phenoxy) is 2. The average Bonchev–Trinajstić information content (AvgIpc) is 2.58. The number of methoxy groups -OCH3 is 1. The SMILES string of the molecule is COC(=O)C(OCc1ccccc1)c1ccc([N+](=O)[O-])c(F)c1F. The highest BCUT2D eigenvalue weighted by molar-refractivity contribution is 5.76. The molecule has 0 radical (unpaired) electrons. The van der Waals surface area contributed by atoms with Gasteiger partial charge in [-0.3, -0.25) is 10.1 Å². The van der Waals surface area contributed by atoms with Crippen LogP contribution in [0.15, 0.2) is 42.5 Å². The molecule has 6 nitrogen and oxygen atoms in total. The zero-order valence-corrected chi connectivity index (χ0v) is 12.6. The van der Waals surface area contributed by atoms with Crippen molar-refractivity contribution < 1.29 is 28.0 Å². The van der Waals surface area contributed by atoms with Crippen molar-refractivity contribution in [3.63, 3.8) is 0 Å². The Hall–Kier alpha value is -2.87. The number of benzene rings is 2. The minimum atomic E-state index is -1.66. The lowest BCUT2D eigenvalue weighted by Crippen LogP contribution is -2.19. The standard InChI is InChI=1S/C16H13F2NO5/c1-23-16(20)15(24-9-10-5-3-2-4-6-10)11-7-8-12(19(21)22)14(18)13(11)17/h2-8,15H,9H2,1H3. The number of rotatable bonds is 6. The molecule has 0 fully saturated rings. The Morgan fingerprint density at radius 3 is 2.42 bits per heavy atom. The van der Waals surface area contributed by atoms with Gasteiger partial charge in [0, 0.05) is 11.6 Å². The fourth-order valence-electron chi connectivity index (χ4n) is 2.04. The topological polar surface area (TPSA) is 78.7 Å². The zero-order chi connectivity index (χ0) is 17.7. The van der Waals surface area contributed by atoms with Crippen molar-refractivity contribution in [3.8, 4) is 0 Å². The van der Waals surface area contributed by atoms with Crippen molar-refractivity contribution in [2.75, 3.05) is 7.11 Å². The van der Waals surface area contributed by atoms with Crippen LogP contribution in [-0.2, 0) is 20.9 Å². The molecule has 0 heterocycles. The minimum absolute atomic E-state index is 0.0569. The van der Waals surface area contributed by atoms with Crippen molar-refractivity contribution in [3.05, 3.63) is 75.3 Å². The number of hydrogen-bond donors (Lipinski definition) is 0. The third-order valence-electron chi connectivity index (χ3n) is 3.25. The highest BCUT2D eigenvalue weighted by Gasteiger charge is 2.30. The molecule has 1 atom stereocenters. The molecule has 2 rings (SSSR count). The maximum atomic E-state index is 14.1. The maximum Gasteiger partial charge on any atom is 0.339 e. The van der Waals surface area contributed by atoms with Gasteiger partial charge in [0.25, 0.3) is 0 Å². The fourth-order valence-corrected chi connectivity index (χ4v) is 2.04. The summed E-state index contributed by atoms with van der Waals surface area (Å²) in [5.74, 6) is -4.12. The van der Waals surface area contributed by atoms with Crippen molar-refractivity contribution in [2.24, 2.45) is 0 Å². The van der Waals surface area contributed by atoms with Gasteiger partial charge in [0.05, 0.1) is 18.6 Å². The molecule has 0 amide bonds. The Labute approximate surface area is 135 Å². The number of nitro benzene ring substituents is 1. The van der Waals surface area contributed by atoms with Gasteiger partial charge in [-0.25, -0.2) is 9.18 Å².